The number of aryl methyl sites for hydroxylation is 1. The Morgan fingerprint density at radius 3 is 2.49 bits per heavy atom. The van der Waals surface area contributed by atoms with Gasteiger partial charge in [0, 0.05) is 71.4 Å². The van der Waals surface area contributed by atoms with Gasteiger partial charge in [-0.3, -0.25) is 14.2 Å². The summed E-state index contributed by atoms with van der Waals surface area (Å²) in [5.41, 5.74) is 2.78. The number of halogens is 1. The number of carboxylic acids is 1. The van der Waals surface area contributed by atoms with Crippen LogP contribution in [0.4, 0.5) is 16.4 Å². The average Bonchev–Trinajstić information content (AvgIpc) is 3.34. The summed E-state index contributed by atoms with van der Waals surface area (Å²) in [4.78, 5) is 47.5. The lowest BCUT2D eigenvalue weighted by atomic mass is 10.1. The van der Waals surface area contributed by atoms with Gasteiger partial charge in [-0.05, 0) is 29.8 Å². The predicted molar refractivity (Wildman–Crippen MR) is 148 cm³/mol. The summed E-state index contributed by atoms with van der Waals surface area (Å²) in [5, 5.41) is 16.4. The second-order valence-electron chi connectivity index (χ2n) is 9.97. The molecule has 2 unspecified atom stereocenters. The zero-order valence-electron chi connectivity index (χ0n) is 21.0. The van der Waals surface area contributed by atoms with Crippen molar-refractivity contribution in [2.75, 3.05) is 23.7 Å². The minimum absolute atomic E-state index is 0.0566. The number of carbonyl (C=O) groups is 2. The molecule has 1 saturated heterocycles. The van der Waals surface area contributed by atoms with E-state index in [2.05, 4.69) is 20.6 Å². The molecule has 1 aliphatic carbocycles. The van der Waals surface area contributed by atoms with Crippen molar-refractivity contribution in [2.24, 2.45) is 18.9 Å². The molecule has 0 bridgehead atoms. The smallest absolute Gasteiger partial charge is 0.321 e. The number of piperidine rings is 1. The van der Waals surface area contributed by atoms with Gasteiger partial charge in [-0.2, -0.15) is 4.98 Å². The standard InChI is InChI=1S/C28H25ClN6O4/c1-34-25-16(11-19(26(34)38)18-4-2-3-5-22(18)29)12-30-27(33-25)32-24-20-13-35(14-21(20)24)28(39)31-17-8-6-15(7-9-17)10-23(36)37/h2-9,11-12,20-21,24H,10,13-14H2,1H3,(H,31,39)(H,36,37)(H,30,32,33). The van der Waals surface area contributed by atoms with Crippen LogP contribution in [-0.2, 0) is 18.3 Å². The maximum Gasteiger partial charge on any atom is 0.321 e. The number of hydrogen-bond acceptors (Lipinski definition) is 6. The number of aromatic nitrogens is 3. The molecule has 2 aromatic carbocycles. The zero-order valence-corrected chi connectivity index (χ0v) is 21.7. The number of hydrogen-bond donors (Lipinski definition) is 3. The molecule has 2 amide bonds. The van der Waals surface area contributed by atoms with E-state index in [0.29, 0.717) is 63.9 Å². The maximum absolute atomic E-state index is 13.1. The van der Waals surface area contributed by atoms with Crippen LogP contribution in [0.15, 0.2) is 65.6 Å². The molecule has 39 heavy (non-hydrogen) atoms. The number of amides is 2. The number of rotatable bonds is 6. The Morgan fingerprint density at radius 2 is 1.79 bits per heavy atom. The Balaban J connectivity index is 1.09. The first-order chi connectivity index (χ1) is 18.8. The van der Waals surface area contributed by atoms with Crippen LogP contribution in [0.25, 0.3) is 22.2 Å². The fraction of sp³-hybridized carbons (Fsp3) is 0.250. The van der Waals surface area contributed by atoms with Gasteiger partial charge in [-0.25, -0.2) is 9.78 Å². The van der Waals surface area contributed by atoms with Crippen LogP contribution in [-0.4, -0.2) is 55.7 Å². The van der Waals surface area contributed by atoms with Crippen molar-refractivity contribution in [3.8, 4) is 11.1 Å². The molecule has 11 heteroatoms. The molecule has 2 aromatic heterocycles. The third-order valence-corrected chi connectivity index (χ3v) is 7.78. The largest absolute Gasteiger partial charge is 0.481 e. The number of aliphatic carboxylic acids is 1. The number of likely N-dealkylation sites (tertiary alicyclic amines) is 1. The number of carboxylic acid groups (broad SMARTS) is 1. The Morgan fingerprint density at radius 1 is 1.08 bits per heavy atom. The monoisotopic (exact) mass is 544 g/mol. The second kappa shape index (κ2) is 9.70. The molecule has 2 atom stereocenters. The quantitative estimate of drug-likeness (QED) is 0.336. The van der Waals surface area contributed by atoms with Crippen LogP contribution < -0.4 is 16.2 Å². The molecule has 2 aliphatic rings. The van der Waals surface area contributed by atoms with E-state index in [9.17, 15) is 14.4 Å². The Hall–Kier alpha value is -4.44. The van der Waals surface area contributed by atoms with Gasteiger partial charge in [0.1, 0.15) is 5.65 Å². The minimum atomic E-state index is -0.896. The Kier molecular flexibility index (Phi) is 6.19. The summed E-state index contributed by atoms with van der Waals surface area (Å²) in [6.45, 7) is 1.22. The van der Waals surface area contributed by atoms with E-state index in [-0.39, 0.29) is 24.1 Å². The number of nitrogens with zero attached hydrogens (tertiary/aromatic N) is 4. The summed E-state index contributed by atoms with van der Waals surface area (Å²) < 4.78 is 1.51. The summed E-state index contributed by atoms with van der Waals surface area (Å²) >= 11 is 6.33. The van der Waals surface area contributed by atoms with Gasteiger partial charge in [-0.15, -0.1) is 0 Å². The van der Waals surface area contributed by atoms with E-state index < -0.39 is 5.97 Å². The summed E-state index contributed by atoms with van der Waals surface area (Å²) in [6.07, 6.45) is 1.64. The first kappa shape index (κ1) is 24.9. The fourth-order valence-corrected chi connectivity index (χ4v) is 5.56. The van der Waals surface area contributed by atoms with Crippen LogP contribution >= 0.6 is 11.6 Å². The van der Waals surface area contributed by atoms with Gasteiger partial charge in [0.05, 0.1) is 6.42 Å². The van der Waals surface area contributed by atoms with Crippen LogP contribution in [0.1, 0.15) is 5.56 Å². The van der Waals surface area contributed by atoms with Crippen LogP contribution in [0, 0.1) is 11.8 Å². The Labute approximate surface area is 228 Å². The predicted octanol–water partition coefficient (Wildman–Crippen LogP) is 3.85. The van der Waals surface area contributed by atoms with Crippen LogP contribution in [0.3, 0.4) is 0 Å². The van der Waals surface area contributed by atoms with Crippen molar-refractivity contribution >= 4 is 46.3 Å². The van der Waals surface area contributed by atoms with Crippen molar-refractivity contribution in [1.82, 2.24) is 19.4 Å². The van der Waals surface area contributed by atoms with E-state index in [1.54, 1.807) is 54.5 Å². The van der Waals surface area contributed by atoms with Gasteiger partial charge in [0.15, 0.2) is 0 Å². The van der Waals surface area contributed by atoms with E-state index in [1.807, 2.05) is 18.2 Å². The average molecular weight is 545 g/mol. The number of urea groups is 1. The fourth-order valence-electron chi connectivity index (χ4n) is 5.33. The molecule has 0 spiro atoms. The van der Waals surface area contributed by atoms with Crippen molar-refractivity contribution in [3.63, 3.8) is 0 Å². The van der Waals surface area contributed by atoms with Gasteiger partial charge in [0.2, 0.25) is 5.95 Å². The van der Waals surface area contributed by atoms with E-state index in [0.717, 1.165) is 5.39 Å². The number of nitrogens with one attached hydrogen (secondary N) is 2. The number of pyridine rings is 1. The highest BCUT2D eigenvalue weighted by molar-refractivity contribution is 6.33. The summed E-state index contributed by atoms with van der Waals surface area (Å²) in [7, 11) is 1.68. The van der Waals surface area contributed by atoms with Crippen molar-refractivity contribution in [2.45, 2.75) is 12.5 Å². The first-order valence-electron chi connectivity index (χ1n) is 12.5. The van der Waals surface area contributed by atoms with E-state index >= 15 is 0 Å². The highest BCUT2D eigenvalue weighted by Crippen LogP contribution is 2.47. The van der Waals surface area contributed by atoms with Gasteiger partial charge >= 0.3 is 12.0 Å². The first-order valence-corrected chi connectivity index (χ1v) is 12.9. The van der Waals surface area contributed by atoms with Gasteiger partial charge in [0.25, 0.3) is 5.56 Å². The normalized spacial score (nSPS) is 19.5. The third kappa shape index (κ3) is 4.79. The summed E-state index contributed by atoms with van der Waals surface area (Å²) in [6, 6.07) is 15.8. The van der Waals surface area contributed by atoms with Crippen molar-refractivity contribution in [3.05, 3.63) is 81.7 Å². The lowest BCUT2D eigenvalue weighted by molar-refractivity contribution is -0.136. The number of fused-ring (bicyclic) bond motifs is 2. The molecule has 1 aliphatic heterocycles. The van der Waals surface area contributed by atoms with E-state index in [4.69, 9.17) is 16.7 Å². The topological polar surface area (TPSA) is 129 Å². The SMILES string of the molecule is Cn1c(=O)c(-c2ccccc2Cl)cc2cnc(NC3C4CN(C(=O)Nc5ccc(CC(=O)O)cc5)CC43)nc21. The van der Waals surface area contributed by atoms with Crippen molar-refractivity contribution in [1.29, 1.82) is 0 Å². The number of carbonyl (C=O) groups excluding carboxylic acids is 1. The molecule has 3 heterocycles. The molecule has 4 aromatic rings. The highest BCUT2D eigenvalue weighted by atomic mass is 35.5. The molecule has 3 N–H and O–H groups in total. The lowest BCUT2D eigenvalue weighted by Crippen LogP contribution is -2.37. The van der Waals surface area contributed by atoms with Crippen LogP contribution in [0.5, 0.6) is 0 Å². The van der Waals surface area contributed by atoms with Crippen molar-refractivity contribution < 1.29 is 14.7 Å². The molecule has 1 saturated carbocycles. The van der Waals surface area contributed by atoms with E-state index in [1.165, 1.54) is 4.57 Å². The molecule has 2 fully saturated rings. The van der Waals surface area contributed by atoms with Crippen LogP contribution in [0.2, 0.25) is 5.02 Å². The molecule has 10 nitrogen and oxygen atoms in total. The minimum Gasteiger partial charge on any atom is -0.481 e. The Bertz CT molecular complexity index is 1660. The third-order valence-electron chi connectivity index (χ3n) is 7.45. The number of benzene rings is 2. The molecule has 0 radical (unpaired) electrons. The zero-order chi connectivity index (χ0) is 27.3. The second-order valence-corrected chi connectivity index (χ2v) is 10.4. The molecule has 198 valence electrons. The molecule has 6 rings (SSSR count). The number of anilines is 2. The molecular formula is C28H25ClN6O4. The van der Waals surface area contributed by atoms with Gasteiger partial charge in [-0.1, -0.05) is 41.9 Å². The maximum atomic E-state index is 13.1. The highest BCUT2D eigenvalue weighted by Gasteiger charge is 2.57. The molecular weight excluding hydrogens is 520 g/mol. The summed E-state index contributed by atoms with van der Waals surface area (Å²) in [5.74, 6) is 0.130. The van der Waals surface area contributed by atoms with Gasteiger partial charge < -0.3 is 20.6 Å². The lowest BCUT2D eigenvalue weighted by Gasteiger charge is -2.21.